The Morgan fingerprint density at radius 2 is 0.829 bits per heavy atom. The molecule has 70 heavy (non-hydrogen) atoms. The maximum atomic E-state index is 12.9. The minimum absolute atomic E-state index is 0.109. The van der Waals surface area contributed by atoms with Gasteiger partial charge in [0.2, 0.25) is 0 Å². The van der Waals surface area contributed by atoms with Crippen LogP contribution < -0.4 is 0 Å². The molecule has 0 bridgehead atoms. The van der Waals surface area contributed by atoms with Crippen molar-refractivity contribution < 1.29 is 44.2 Å². The van der Waals surface area contributed by atoms with E-state index >= 15 is 0 Å². The Morgan fingerprint density at radius 1 is 0.457 bits per heavy atom. The van der Waals surface area contributed by atoms with Crippen LogP contribution in [0.25, 0.3) is 0 Å². The summed E-state index contributed by atoms with van der Waals surface area (Å²) in [5.41, 5.74) is 0. The fourth-order valence-electron chi connectivity index (χ4n) is 7.14. The number of carbonyl (C=O) groups excluding carboxylic acids is 1. The Kier molecular flexibility index (Phi) is 45.8. The zero-order chi connectivity index (χ0) is 50.6. The Balaban J connectivity index is 2.27. The number of esters is 1. The molecule has 0 aromatic heterocycles. The highest BCUT2D eigenvalue weighted by atomic mass is 16.7. The molecule has 0 aromatic carbocycles. The molecule has 6 atom stereocenters. The topological polar surface area (TPSA) is 135 Å². The lowest BCUT2D eigenvalue weighted by molar-refractivity contribution is -0.305. The number of hydrogen-bond acceptors (Lipinski definition) is 9. The zero-order valence-corrected chi connectivity index (χ0v) is 43.4. The first-order valence-electron chi connectivity index (χ1n) is 26.9. The fraction of sp³-hybridized carbons (Fsp3) is 0.590. The van der Waals surface area contributed by atoms with Crippen molar-refractivity contribution in [3.63, 3.8) is 0 Å². The average molecular weight is 973 g/mol. The molecule has 0 aliphatic carbocycles. The maximum Gasteiger partial charge on any atom is 0.306 e. The molecule has 4 N–H and O–H groups in total. The summed E-state index contributed by atoms with van der Waals surface area (Å²) in [5.74, 6) is -0.358. The Morgan fingerprint density at radius 3 is 1.24 bits per heavy atom. The normalized spacial score (nSPS) is 20.1. The first-order chi connectivity index (χ1) is 34.4. The predicted octanol–water partition coefficient (Wildman–Crippen LogP) is 13.8. The summed E-state index contributed by atoms with van der Waals surface area (Å²) in [4.78, 5) is 12.9. The molecule has 6 unspecified atom stereocenters. The molecule has 0 amide bonds. The van der Waals surface area contributed by atoms with Gasteiger partial charge in [0.1, 0.15) is 30.5 Å². The third-order valence-corrected chi connectivity index (χ3v) is 11.3. The summed E-state index contributed by atoms with van der Waals surface area (Å²) in [6.45, 7) is 4.22. The van der Waals surface area contributed by atoms with Crippen LogP contribution in [0.3, 0.4) is 0 Å². The van der Waals surface area contributed by atoms with Crippen LogP contribution in [0.1, 0.15) is 168 Å². The van der Waals surface area contributed by atoms with E-state index in [9.17, 15) is 25.2 Å². The first kappa shape index (κ1) is 64.1. The van der Waals surface area contributed by atoms with Gasteiger partial charge in [-0.25, -0.2) is 0 Å². The number of allylic oxidation sites excluding steroid dienone is 24. The van der Waals surface area contributed by atoms with Crippen LogP contribution >= 0.6 is 0 Å². The molecular formula is C61H96O9. The minimum atomic E-state index is -1.56. The smallest absolute Gasteiger partial charge is 0.306 e. The van der Waals surface area contributed by atoms with Gasteiger partial charge in [0.15, 0.2) is 6.29 Å². The molecule has 1 saturated heterocycles. The third-order valence-electron chi connectivity index (χ3n) is 11.3. The molecule has 9 nitrogen and oxygen atoms in total. The van der Waals surface area contributed by atoms with Crippen molar-refractivity contribution in [2.24, 2.45) is 0 Å². The number of rotatable bonds is 44. The van der Waals surface area contributed by atoms with E-state index in [0.717, 1.165) is 122 Å². The zero-order valence-electron chi connectivity index (χ0n) is 43.4. The van der Waals surface area contributed by atoms with Crippen molar-refractivity contribution in [3.05, 3.63) is 146 Å². The Bertz CT molecular complexity index is 1580. The van der Waals surface area contributed by atoms with Crippen molar-refractivity contribution in [1.82, 2.24) is 0 Å². The van der Waals surface area contributed by atoms with Crippen LogP contribution in [0.4, 0.5) is 0 Å². The molecule has 1 heterocycles. The van der Waals surface area contributed by atoms with Crippen molar-refractivity contribution in [1.29, 1.82) is 0 Å². The first-order valence-corrected chi connectivity index (χ1v) is 26.9. The molecule has 0 aromatic rings. The van der Waals surface area contributed by atoms with E-state index in [2.05, 4.69) is 160 Å². The van der Waals surface area contributed by atoms with Gasteiger partial charge in [-0.1, -0.05) is 192 Å². The van der Waals surface area contributed by atoms with Gasteiger partial charge in [-0.05, 0) is 116 Å². The molecule has 1 fully saturated rings. The number of unbranched alkanes of at least 4 members (excludes halogenated alkanes) is 9. The number of aliphatic hydroxyl groups is 4. The van der Waals surface area contributed by atoms with Gasteiger partial charge in [0.05, 0.1) is 19.8 Å². The summed E-state index contributed by atoms with van der Waals surface area (Å²) >= 11 is 0. The number of ether oxygens (including phenoxy) is 4. The van der Waals surface area contributed by atoms with Crippen molar-refractivity contribution in [2.45, 2.75) is 205 Å². The van der Waals surface area contributed by atoms with Crippen molar-refractivity contribution in [2.75, 3.05) is 26.4 Å². The summed E-state index contributed by atoms with van der Waals surface area (Å²) in [5, 5.41) is 40.3. The molecule has 0 saturated carbocycles. The predicted molar refractivity (Wildman–Crippen MR) is 292 cm³/mol. The molecule has 0 radical (unpaired) electrons. The van der Waals surface area contributed by atoms with E-state index in [0.29, 0.717) is 13.0 Å². The molecule has 1 aliphatic heterocycles. The van der Waals surface area contributed by atoms with Crippen LogP contribution in [0.15, 0.2) is 146 Å². The van der Waals surface area contributed by atoms with Gasteiger partial charge in [0.25, 0.3) is 0 Å². The summed E-state index contributed by atoms with van der Waals surface area (Å²) in [6.07, 6.45) is 68.8. The van der Waals surface area contributed by atoms with E-state index in [1.807, 2.05) is 0 Å². The molecule has 394 valence electrons. The molecule has 0 spiro atoms. The Labute approximate surface area is 425 Å². The quantitative estimate of drug-likeness (QED) is 0.0267. The largest absolute Gasteiger partial charge is 0.457 e. The van der Waals surface area contributed by atoms with E-state index < -0.39 is 43.4 Å². The molecular weight excluding hydrogens is 877 g/mol. The second kappa shape index (κ2) is 50.0. The van der Waals surface area contributed by atoms with Crippen LogP contribution in [0, 0.1) is 0 Å². The maximum absolute atomic E-state index is 12.9. The van der Waals surface area contributed by atoms with Crippen LogP contribution in [0.5, 0.6) is 0 Å². The van der Waals surface area contributed by atoms with Crippen molar-refractivity contribution in [3.8, 4) is 0 Å². The second-order valence-electron chi connectivity index (χ2n) is 17.6. The van der Waals surface area contributed by atoms with E-state index in [4.69, 9.17) is 18.9 Å². The van der Waals surface area contributed by atoms with Gasteiger partial charge >= 0.3 is 5.97 Å². The second-order valence-corrected chi connectivity index (χ2v) is 17.6. The summed E-state index contributed by atoms with van der Waals surface area (Å²) < 4.78 is 22.9. The third kappa shape index (κ3) is 39.8. The van der Waals surface area contributed by atoms with E-state index in [1.54, 1.807) is 0 Å². The standard InChI is InChI=1S/C61H96O9/c1-3-5-7-9-11-13-15-17-19-21-23-25-27-28-29-30-32-34-36-38-40-42-44-46-48-50-57(63)69-55(54-68-61-60(66)59(65)58(64)56(52-62)70-61)53-67-51-49-47-45-43-41-39-37-35-33-31-26-24-22-20-18-16-14-12-10-8-6-4-2/h5-8,11-14,17-20,23-26,28-29,32-35,38,40,55-56,58-62,64-66H,3-4,9-10,15-16,21-22,27,30-31,36-37,39,41-54H2,1-2H3/b7-5-,8-6-,13-11-,14-12-,19-17-,20-18-,25-23-,26-24-,29-28-,34-32-,35-33-,40-38-. The molecule has 9 heteroatoms. The van der Waals surface area contributed by atoms with Gasteiger partial charge in [-0.15, -0.1) is 0 Å². The van der Waals surface area contributed by atoms with Gasteiger partial charge in [0, 0.05) is 13.0 Å². The number of aliphatic hydroxyl groups excluding tert-OH is 4. The van der Waals surface area contributed by atoms with Gasteiger partial charge < -0.3 is 39.4 Å². The minimum Gasteiger partial charge on any atom is -0.457 e. The number of carbonyl (C=O) groups is 1. The summed E-state index contributed by atoms with van der Waals surface area (Å²) in [7, 11) is 0. The van der Waals surface area contributed by atoms with Crippen LogP contribution in [-0.2, 0) is 23.7 Å². The lowest BCUT2D eigenvalue weighted by Gasteiger charge is -2.39. The van der Waals surface area contributed by atoms with Crippen LogP contribution in [0.2, 0.25) is 0 Å². The molecule has 1 rings (SSSR count). The highest BCUT2D eigenvalue weighted by molar-refractivity contribution is 5.69. The molecule has 1 aliphatic rings. The van der Waals surface area contributed by atoms with Gasteiger partial charge in [-0.2, -0.15) is 0 Å². The van der Waals surface area contributed by atoms with Crippen molar-refractivity contribution >= 4 is 5.97 Å². The van der Waals surface area contributed by atoms with E-state index in [1.165, 1.54) is 19.3 Å². The highest BCUT2D eigenvalue weighted by Crippen LogP contribution is 2.22. The monoisotopic (exact) mass is 973 g/mol. The van der Waals surface area contributed by atoms with Crippen LogP contribution in [-0.4, -0.2) is 89.6 Å². The Hall–Kier alpha value is -3.93. The summed E-state index contributed by atoms with van der Waals surface area (Å²) in [6, 6.07) is 0. The highest BCUT2D eigenvalue weighted by Gasteiger charge is 2.44. The van der Waals surface area contributed by atoms with Gasteiger partial charge in [-0.3, -0.25) is 4.79 Å². The average Bonchev–Trinajstić information content (AvgIpc) is 3.36. The number of hydrogen-bond donors (Lipinski definition) is 4. The SMILES string of the molecule is CC/C=C\C/C=C\C/C=C\C/C=C\C/C=C\C/C=C\C/C=C\CCCCCC(=O)OC(COCCCCCCCC/C=C\C/C=C\C/C=C\C/C=C\C/C=C\CC)COC1OC(CO)C(O)C(O)C1O. The lowest BCUT2D eigenvalue weighted by Crippen LogP contribution is -2.59. The fourth-order valence-corrected chi connectivity index (χ4v) is 7.14. The lowest BCUT2D eigenvalue weighted by atomic mass is 9.99. The van der Waals surface area contributed by atoms with E-state index in [-0.39, 0.29) is 25.6 Å².